The first-order chi connectivity index (χ1) is 12.8. The van der Waals surface area contributed by atoms with Crippen molar-refractivity contribution in [2.45, 2.75) is 30.7 Å². The molecule has 0 unspecified atom stereocenters. The molecule has 0 saturated carbocycles. The fraction of sp³-hybridized carbons (Fsp3) is 0.235. The van der Waals surface area contributed by atoms with Crippen LogP contribution in [0, 0.1) is 0 Å². The van der Waals surface area contributed by atoms with E-state index in [0.29, 0.717) is 5.56 Å². The molecule has 1 aromatic heterocycles. The number of amides is 2. The number of thioether (sulfide) groups is 1. The predicted octanol–water partition coefficient (Wildman–Crippen LogP) is 0.601. The second-order valence-corrected chi connectivity index (χ2v) is 6.73. The van der Waals surface area contributed by atoms with Crippen LogP contribution in [0.3, 0.4) is 0 Å². The first-order valence-electron chi connectivity index (χ1n) is 8.00. The number of carbonyl (C=O) groups is 3. The number of nitrogens with zero attached hydrogens (tertiary/aromatic N) is 1. The van der Waals surface area contributed by atoms with Gasteiger partial charge in [0.15, 0.2) is 16.7 Å². The topological polar surface area (TPSA) is 144 Å². The second kappa shape index (κ2) is 8.99. The van der Waals surface area contributed by atoms with E-state index in [4.69, 9.17) is 0 Å². The Morgan fingerprint density at radius 3 is 2.48 bits per heavy atom. The van der Waals surface area contributed by atoms with Crippen LogP contribution in [-0.2, 0) is 9.59 Å². The molecule has 27 heavy (non-hydrogen) atoms. The fourth-order valence-electron chi connectivity index (χ4n) is 1.93. The first kappa shape index (κ1) is 20.2. The molecule has 9 nitrogen and oxygen atoms in total. The van der Waals surface area contributed by atoms with Crippen LogP contribution in [-0.4, -0.2) is 33.0 Å². The summed E-state index contributed by atoms with van der Waals surface area (Å²) in [5, 5.41) is 14.8. The molecule has 142 valence electrons. The molecule has 0 spiro atoms. The van der Waals surface area contributed by atoms with Crippen LogP contribution in [0.2, 0.25) is 0 Å². The molecule has 0 bridgehead atoms. The summed E-state index contributed by atoms with van der Waals surface area (Å²) < 4.78 is 0. The van der Waals surface area contributed by atoms with Crippen LogP contribution in [0.4, 0.5) is 11.5 Å². The lowest BCUT2D eigenvalue weighted by Crippen LogP contribution is -2.32. The van der Waals surface area contributed by atoms with Crippen LogP contribution in [0.25, 0.3) is 0 Å². The molecule has 0 aliphatic heterocycles. The number of hydrogen-bond acceptors (Lipinski definition) is 7. The van der Waals surface area contributed by atoms with Crippen LogP contribution >= 0.6 is 11.8 Å². The minimum Gasteiger partial charge on any atom is -0.549 e. The number of rotatable bonds is 7. The number of aromatic nitrogens is 2. The highest BCUT2D eigenvalue weighted by Gasteiger charge is 2.18. The molecule has 0 aliphatic rings. The number of benzene rings is 1. The Bertz CT molecular complexity index is 913. The molecule has 1 aromatic carbocycles. The molecule has 2 aromatic rings. The minimum absolute atomic E-state index is 0.0270. The van der Waals surface area contributed by atoms with Gasteiger partial charge in [0.2, 0.25) is 5.91 Å². The van der Waals surface area contributed by atoms with E-state index >= 15 is 0 Å². The number of H-pyrrole nitrogens is 1. The zero-order valence-corrected chi connectivity index (χ0v) is 15.4. The van der Waals surface area contributed by atoms with Gasteiger partial charge in [-0.1, -0.05) is 36.9 Å². The molecule has 0 radical (unpaired) electrons. The molecule has 10 heteroatoms. The standard InChI is InChI=1S/C17H18N4O5S/c1-3-11(22)18-13-12(19-14(23)10-7-5-4-6-8-10)15(24)21-17(20-13)27-9(2)16(25)26/h4-9H,3H2,1-2H3,(H,19,23)(H,25,26)(H2,18,20,21,22,24)/p-1/t9-/m0/s1. The first-order valence-corrected chi connectivity index (χ1v) is 8.87. The number of hydrogen-bond donors (Lipinski definition) is 3. The lowest BCUT2D eigenvalue weighted by molar-refractivity contribution is -0.304. The SMILES string of the molecule is CCC(=O)Nc1nc(S[C@@H](C)C(=O)[O-])[nH]c(=O)c1NC(=O)c1ccccc1. The van der Waals surface area contributed by atoms with Crippen molar-refractivity contribution < 1.29 is 19.5 Å². The molecule has 1 heterocycles. The maximum absolute atomic E-state index is 12.4. The number of carboxylic acid groups (broad SMARTS) is 1. The Kier molecular flexibility index (Phi) is 6.72. The minimum atomic E-state index is -1.33. The Morgan fingerprint density at radius 2 is 1.89 bits per heavy atom. The lowest BCUT2D eigenvalue weighted by Gasteiger charge is -2.14. The highest BCUT2D eigenvalue weighted by atomic mass is 32.2. The quantitative estimate of drug-likeness (QED) is 0.464. The van der Waals surface area contributed by atoms with Crippen molar-refractivity contribution in [2.75, 3.05) is 10.6 Å². The average molecular weight is 389 g/mol. The van der Waals surface area contributed by atoms with Gasteiger partial charge in [0.05, 0.1) is 5.97 Å². The number of aromatic amines is 1. The van der Waals surface area contributed by atoms with E-state index < -0.39 is 28.6 Å². The summed E-state index contributed by atoms with van der Waals surface area (Å²) in [4.78, 5) is 53.8. The summed E-state index contributed by atoms with van der Waals surface area (Å²) in [5.41, 5.74) is -0.654. The van der Waals surface area contributed by atoms with Crippen molar-refractivity contribution in [1.82, 2.24) is 9.97 Å². The van der Waals surface area contributed by atoms with Gasteiger partial charge < -0.3 is 20.5 Å². The number of nitrogens with one attached hydrogen (secondary N) is 3. The smallest absolute Gasteiger partial charge is 0.277 e. The average Bonchev–Trinajstić information content (AvgIpc) is 2.64. The third kappa shape index (κ3) is 5.42. The molecule has 2 rings (SSSR count). The number of anilines is 2. The highest BCUT2D eigenvalue weighted by molar-refractivity contribution is 8.00. The predicted molar refractivity (Wildman–Crippen MR) is 98.5 cm³/mol. The number of carbonyl (C=O) groups excluding carboxylic acids is 3. The van der Waals surface area contributed by atoms with Gasteiger partial charge in [-0.05, 0) is 19.1 Å². The Hall–Kier alpha value is -3.14. The summed E-state index contributed by atoms with van der Waals surface area (Å²) in [5.74, 6) is -2.48. The van der Waals surface area contributed by atoms with Gasteiger partial charge >= 0.3 is 0 Å². The third-order valence-electron chi connectivity index (χ3n) is 3.37. The maximum Gasteiger partial charge on any atom is 0.277 e. The van der Waals surface area contributed by atoms with Crippen LogP contribution < -0.4 is 21.3 Å². The largest absolute Gasteiger partial charge is 0.549 e. The monoisotopic (exact) mass is 389 g/mol. The highest BCUT2D eigenvalue weighted by Crippen LogP contribution is 2.23. The summed E-state index contributed by atoms with van der Waals surface area (Å²) in [6, 6.07) is 8.19. The van der Waals surface area contributed by atoms with Gasteiger partial charge in [-0.3, -0.25) is 19.4 Å². The van der Waals surface area contributed by atoms with Gasteiger partial charge in [-0.25, -0.2) is 4.98 Å². The molecule has 0 fully saturated rings. The van der Waals surface area contributed by atoms with E-state index in [1.807, 2.05) is 0 Å². The third-order valence-corrected chi connectivity index (χ3v) is 4.33. The summed E-state index contributed by atoms with van der Waals surface area (Å²) in [6.07, 6.45) is 0.123. The van der Waals surface area contributed by atoms with Gasteiger partial charge in [-0.2, -0.15) is 0 Å². The fourth-order valence-corrected chi connectivity index (χ4v) is 2.65. The Morgan fingerprint density at radius 1 is 1.22 bits per heavy atom. The Labute approximate surface area is 158 Å². The van der Waals surface area contributed by atoms with E-state index in [1.54, 1.807) is 37.3 Å². The molecule has 2 amide bonds. The van der Waals surface area contributed by atoms with Gasteiger partial charge in [0, 0.05) is 17.2 Å². The molecule has 0 aliphatic carbocycles. The molecule has 3 N–H and O–H groups in total. The molecule has 1 atom stereocenters. The maximum atomic E-state index is 12.4. The van der Waals surface area contributed by atoms with E-state index in [9.17, 15) is 24.3 Å². The van der Waals surface area contributed by atoms with Gasteiger partial charge in [0.1, 0.15) is 0 Å². The summed E-state index contributed by atoms with van der Waals surface area (Å²) >= 11 is 0.746. The second-order valence-electron chi connectivity index (χ2n) is 5.40. The Balaban J connectivity index is 2.39. The van der Waals surface area contributed by atoms with Crippen molar-refractivity contribution in [3.63, 3.8) is 0 Å². The van der Waals surface area contributed by atoms with E-state index in [-0.39, 0.29) is 23.1 Å². The molecular formula is C17H17N4O5S-. The number of carboxylic acids is 1. The molecule has 0 saturated heterocycles. The summed E-state index contributed by atoms with van der Waals surface area (Å²) in [6.45, 7) is 2.98. The molecular weight excluding hydrogens is 372 g/mol. The van der Waals surface area contributed by atoms with E-state index in [1.165, 1.54) is 6.92 Å². The van der Waals surface area contributed by atoms with Crippen molar-refractivity contribution in [2.24, 2.45) is 0 Å². The van der Waals surface area contributed by atoms with Crippen LogP contribution in [0.5, 0.6) is 0 Å². The van der Waals surface area contributed by atoms with Crippen molar-refractivity contribution in [3.8, 4) is 0 Å². The van der Waals surface area contributed by atoms with Crippen molar-refractivity contribution in [3.05, 3.63) is 46.2 Å². The zero-order chi connectivity index (χ0) is 20.0. The van der Waals surface area contributed by atoms with Crippen molar-refractivity contribution >= 4 is 41.1 Å². The normalized spacial score (nSPS) is 11.5. The van der Waals surface area contributed by atoms with Crippen LogP contribution in [0.15, 0.2) is 40.3 Å². The van der Waals surface area contributed by atoms with Crippen LogP contribution in [0.1, 0.15) is 30.6 Å². The van der Waals surface area contributed by atoms with Crippen molar-refractivity contribution in [1.29, 1.82) is 0 Å². The van der Waals surface area contributed by atoms with Gasteiger partial charge in [0.25, 0.3) is 11.5 Å². The van der Waals surface area contributed by atoms with Gasteiger partial charge in [-0.15, -0.1) is 0 Å². The van der Waals surface area contributed by atoms with E-state index in [2.05, 4.69) is 20.6 Å². The van der Waals surface area contributed by atoms with E-state index in [0.717, 1.165) is 11.8 Å². The summed E-state index contributed by atoms with van der Waals surface area (Å²) in [7, 11) is 0. The lowest BCUT2D eigenvalue weighted by atomic mass is 10.2. The number of aliphatic carboxylic acids is 1. The zero-order valence-electron chi connectivity index (χ0n) is 14.6.